The van der Waals surface area contributed by atoms with E-state index in [1.165, 1.54) is 0 Å². The molecule has 0 spiro atoms. The smallest absolute Gasteiger partial charge is 0.259 e. The van der Waals surface area contributed by atoms with Gasteiger partial charge in [0.25, 0.3) is 5.91 Å². The summed E-state index contributed by atoms with van der Waals surface area (Å²) in [5, 5.41) is 12.7. The highest BCUT2D eigenvalue weighted by atomic mass is 35.5. The predicted molar refractivity (Wildman–Crippen MR) is 114 cm³/mol. The highest BCUT2D eigenvalue weighted by molar-refractivity contribution is 6.31. The number of ether oxygens (including phenoxy) is 1. The van der Waals surface area contributed by atoms with Crippen molar-refractivity contribution in [3.63, 3.8) is 0 Å². The molecule has 2 aliphatic heterocycles. The van der Waals surface area contributed by atoms with Crippen molar-refractivity contribution in [3.05, 3.63) is 58.6 Å². The minimum atomic E-state index is -0.444. The summed E-state index contributed by atoms with van der Waals surface area (Å²) in [6.45, 7) is 1.01. The number of likely N-dealkylation sites (tertiary alicyclic amines) is 1. The van der Waals surface area contributed by atoms with Crippen molar-refractivity contribution in [1.29, 1.82) is 0 Å². The molecule has 2 aliphatic rings. The molecule has 0 aliphatic carbocycles. The molecule has 156 valence electrons. The Kier molecular flexibility index (Phi) is 5.63. The van der Waals surface area contributed by atoms with Crippen LogP contribution in [-0.2, 0) is 4.79 Å². The summed E-state index contributed by atoms with van der Waals surface area (Å²) in [6, 6.07) is 11.9. The van der Waals surface area contributed by atoms with Crippen molar-refractivity contribution in [2.45, 2.75) is 25.3 Å². The topological polar surface area (TPSA) is 82.4 Å². The number of carbonyl (C=O) groups excluding carboxylic acids is 2. The second kappa shape index (κ2) is 8.36. The summed E-state index contributed by atoms with van der Waals surface area (Å²) >= 11 is 6.21. The van der Waals surface area contributed by atoms with Crippen LogP contribution >= 0.6 is 11.6 Å². The van der Waals surface area contributed by atoms with E-state index < -0.39 is 6.04 Å². The van der Waals surface area contributed by atoms with E-state index in [4.69, 9.17) is 21.5 Å². The molecule has 7 nitrogen and oxygen atoms in total. The Labute approximate surface area is 179 Å². The fourth-order valence-electron chi connectivity index (χ4n) is 4.06. The average molecular weight is 428 g/mol. The number of benzene rings is 2. The summed E-state index contributed by atoms with van der Waals surface area (Å²) in [5.41, 5.74) is 2.71. The molecule has 1 fully saturated rings. The third-order valence-corrected chi connectivity index (χ3v) is 5.92. The summed E-state index contributed by atoms with van der Waals surface area (Å²) in [7, 11) is 1.58. The minimum absolute atomic E-state index is 0.0453. The number of piperidine rings is 1. The van der Waals surface area contributed by atoms with E-state index in [9.17, 15) is 9.59 Å². The number of anilines is 1. The van der Waals surface area contributed by atoms with E-state index in [-0.39, 0.29) is 18.2 Å². The van der Waals surface area contributed by atoms with Gasteiger partial charge in [0.2, 0.25) is 5.91 Å². The fraction of sp³-hybridized carbons (Fsp3) is 0.318. The Morgan fingerprint density at radius 3 is 2.53 bits per heavy atom. The number of hydrogen-bond acceptors (Lipinski definition) is 5. The van der Waals surface area contributed by atoms with Crippen LogP contribution in [-0.4, -0.2) is 47.8 Å². The third-order valence-electron chi connectivity index (χ3n) is 5.69. The van der Waals surface area contributed by atoms with Crippen LogP contribution in [0.5, 0.6) is 5.75 Å². The summed E-state index contributed by atoms with van der Waals surface area (Å²) in [4.78, 5) is 29.7. The molecule has 0 aromatic heterocycles. The average Bonchev–Trinajstić information content (AvgIpc) is 3.04. The van der Waals surface area contributed by atoms with Gasteiger partial charge >= 0.3 is 0 Å². The summed E-state index contributed by atoms with van der Waals surface area (Å²) in [6.07, 6.45) is 1.25. The number of hydrogen-bond donors (Lipinski definition) is 1. The van der Waals surface area contributed by atoms with Crippen LogP contribution in [0.25, 0.3) is 0 Å². The normalized spacial score (nSPS) is 18.4. The monoisotopic (exact) mass is 427 g/mol. The van der Waals surface area contributed by atoms with Gasteiger partial charge in [-0.2, -0.15) is 0 Å². The Morgan fingerprint density at radius 2 is 1.90 bits per heavy atom. The second-order valence-corrected chi connectivity index (χ2v) is 7.81. The maximum Gasteiger partial charge on any atom is 0.259 e. The molecule has 1 saturated heterocycles. The molecule has 0 radical (unpaired) electrons. The van der Waals surface area contributed by atoms with Crippen LogP contribution in [0.4, 0.5) is 5.69 Å². The lowest BCUT2D eigenvalue weighted by molar-refractivity contribution is -0.131. The molecule has 1 N–H and O–H groups in total. The van der Waals surface area contributed by atoms with E-state index in [1.54, 1.807) is 47.2 Å². The fourth-order valence-corrected chi connectivity index (χ4v) is 4.24. The number of nitrogens with zero attached hydrogens (tertiary/aromatic N) is 3. The van der Waals surface area contributed by atoms with Crippen molar-refractivity contribution < 1.29 is 19.5 Å². The molecular weight excluding hydrogens is 406 g/mol. The quantitative estimate of drug-likeness (QED) is 0.592. The number of oxime groups is 1. The van der Waals surface area contributed by atoms with Crippen LogP contribution in [0.1, 0.15) is 41.2 Å². The van der Waals surface area contributed by atoms with Gasteiger partial charge in [0.15, 0.2) is 0 Å². The van der Waals surface area contributed by atoms with E-state index in [0.717, 1.165) is 5.56 Å². The molecule has 2 aromatic carbocycles. The molecule has 4 rings (SSSR count). The van der Waals surface area contributed by atoms with Crippen LogP contribution in [0.15, 0.2) is 47.6 Å². The Hall–Kier alpha value is -3.06. The highest BCUT2D eigenvalue weighted by Crippen LogP contribution is 2.41. The summed E-state index contributed by atoms with van der Waals surface area (Å²) < 4.78 is 5.22. The lowest BCUT2D eigenvalue weighted by atomic mass is 10.0. The first-order valence-corrected chi connectivity index (χ1v) is 10.1. The number of amides is 2. The summed E-state index contributed by atoms with van der Waals surface area (Å²) in [5.74, 6) is 0.488. The zero-order valence-electron chi connectivity index (χ0n) is 16.5. The van der Waals surface area contributed by atoms with Gasteiger partial charge in [0.1, 0.15) is 5.75 Å². The lowest BCUT2D eigenvalue weighted by Gasteiger charge is -2.31. The Morgan fingerprint density at radius 1 is 1.20 bits per heavy atom. The third kappa shape index (κ3) is 3.73. The van der Waals surface area contributed by atoms with E-state index >= 15 is 0 Å². The zero-order valence-corrected chi connectivity index (χ0v) is 17.3. The number of carbonyl (C=O) groups is 2. The maximum atomic E-state index is 13.2. The number of halogens is 1. The van der Waals surface area contributed by atoms with Crippen molar-refractivity contribution >= 4 is 34.8 Å². The van der Waals surface area contributed by atoms with Gasteiger partial charge in [-0.3, -0.25) is 9.59 Å². The number of rotatable bonds is 4. The van der Waals surface area contributed by atoms with Crippen LogP contribution in [0.2, 0.25) is 5.02 Å². The van der Waals surface area contributed by atoms with Crippen LogP contribution < -0.4 is 9.64 Å². The van der Waals surface area contributed by atoms with Gasteiger partial charge in [0.05, 0.1) is 25.3 Å². The van der Waals surface area contributed by atoms with E-state index in [2.05, 4.69) is 5.16 Å². The van der Waals surface area contributed by atoms with E-state index in [0.29, 0.717) is 53.7 Å². The SMILES string of the molecule is COc1ccc(N2C(=O)c3ccc(Cl)cc3C2CC(=O)N2CCC(=NO)CC2)cc1. The van der Waals surface area contributed by atoms with Crippen molar-refractivity contribution in [2.24, 2.45) is 5.16 Å². The predicted octanol–water partition coefficient (Wildman–Crippen LogP) is 3.89. The lowest BCUT2D eigenvalue weighted by Crippen LogP contribution is -2.40. The van der Waals surface area contributed by atoms with Gasteiger partial charge in [-0.15, -0.1) is 0 Å². The van der Waals surface area contributed by atoms with Crippen molar-refractivity contribution in [2.75, 3.05) is 25.1 Å². The molecule has 2 aromatic rings. The van der Waals surface area contributed by atoms with Crippen molar-refractivity contribution in [1.82, 2.24) is 4.90 Å². The first-order valence-electron chi connectivity index (χ1n) is 9.76. The van der Waals surface area contributed by atoms with Crippen LogP contribution in [0, 0.1) is 0 Å². The Balaban J connectivity index is 1.64. The first kappa shape index (κ1) is 20.2. The molecule has 2 amide bonds. The van der Waals surface area contributed by atoms with Gasteiger partial charge in [-0.05, 0) is 48.0 Å². The standard InChI is InChI=1S/C22H22ClN3O4/c1-30-17-5-3-16(4-6-17)26-20(19-12-14(23)2-7-18(19)22(26)28)13-21(27)25-10-8-15(24-29)9-11-25/h2-7,12,20,29H,8-11,13H2,1H3. The van der Waals surface area contributed by atoms with Gasteiger partial charge in [0, 0.05) is 42.2 Å². The molecule has 0 saturated carbocycles. The van der Waals surface area contributed by atoms with Gasteiger partial charge < -0.3 is 19.7 Å². The zero-order chi connectivity index (χ0) is 21.3. The number of fused-ring (bicyclic) bond motifs is 1. The molecular formula is C22H22ClN3O4. The second-order valence-electron chi connectivity index (χ2n) is 7.37. The first-order chi connectivity index (χ1) is 14.5. The molecule has 0 bridgehead atoms. The molecule has 30 heavy (non-hydrogen) atoms. The maximum absolute atomic E-state index is 13.2. The van der Waals surface area contributed by atoms with E-state index in [1.807, 2.05) is 12.1 Å². The van der Waals surface area contributed by atoms with Gasteiger partial charge in [-0.25, -0.2) is 0 Å². The minimum Gasteiger partial charge on any atom is -0.497 e. The number of methoxy groups -OCH3 is 1. The van der Waals surface area contributed by atoms with Gasteiger partial charge in [-0.1, -0.05) is 16.8 Å². The Bertz CT molecular complexity index is 996. The van der Waals surface area contributed by atoms with Crippen molar-refractivity contribution in [3.8, 4) is 5.75 Å². The molecule has 1 unspecified atom stereocenters. The largest absolute Gasteiger partial charge is 0.497 e. The van der Waals surface area contributed by atoms with Crippen LogP contribution in [0.3, 0.4) is 0 Å². The molecule has 1 atom stereocenters. The highest BCUT2D eigenvalue weighted by Gasteiger charge is 2.39. The molecule has 2 heterocycles. The molecule has 8 heteroatoms.